The zero-order chi connectivity index (χ0) is 15.1. The number of hydrogen-bond donors (Lipinski definition) is 2. The molecule has 1 aliphatic rings. The first kappa shape index (κ1) is 16.9. The minimum Gasteiger partial charge on any atom is -0.396 e. The van der Waals surface area contributed by atoms with E-state index in [-0.39, 0.29) is 31.0 Å². The van der Waals surface area contributed by atoms with E-state index in [0.29, 0.717) is 25.4 Å². The number of piperazine rings is 1. The predicted octanol–water partition coefficient (Wildman–Crippen LogP) is -0.326. The third-order valence-corrected chi connectivity index (χ3v) is 3.51. The van der Waals surface area contributed by atoms with Gasteiger partial charge in [-0.3, -0.25) is 14.5 Å². The molecule has 20 heavy (non-hydrogen) atoms. The molecule has 116 valence electrons. The first-order valence-corrected chi connectivity index (χ1v) is 7.31. The molecule has 1 atom stereocenters. The molecule has 2 N–H and O–H groups in total. The summed E-state index contributed by atoms with van der Waals surface area (Å²) in [6.45, 7) is 9.07. The Morgan fingerprint density at radius 2 is 2.05 bits per heavy atom. The van der Waals surface area contributed by atoms with Gasteiger partial charge in [-0.25, -0.2) is 0 Å². The van der Waals surface area contributed by atoms with Crippen LogP contribution in [0.2, 0.25) is 0 Å². The fourth-order valence-corrected chi connectivity index (χ4v) is 2.56. The Hall–Kier alpha value is -1.14. The van der Waals surface area contributed by atoms with E-state index in [2.05, 4.69) is 24.1 Å². The molecule has 2 amide bonds. The number of rotatable bonds is 6. The molecular formula is C14H27N3O3. The summed E-state index contributed by atoms with van der Waals surface area (Å²) in [5.41, 5.74) is 0. The predicted molar refractivity (Wildman–Crippen MR) is 77.2 cm³/mol. The number of carbonyl (C=O) groups is 2. The van der Waals surface area contributed by atoms with Gasteiger partial charge in [0.2, 0.25) is 11.8 Å². The van der Waals surface area contributed by atoms with Gasteiger partial charge in [0.05, 0.1) is 6.54 Å². The van der Waals surface area contributed by atoms with Crippen molar-refractivity contribution in [3.05, 3.63) is 0 Å². The second kappa shape index (κ2) is 8.21. The Balaban J connectivity index is 2.53. The minimum absolute atomic E-state index is 0.0488. The van der Waals surface area contributed by atoms with E-state index < -0.39 is 0 Å². The number of amides is 2. The van der Waals surface area contributed by atoms with Gasteiger partial charge in [0.1, 0.15) is 0 Å². The van der Waals surface area contributed by atoms with Crippen LogP contribution >= 0.6 is 0 Å². The molecule has 0 aliphatic carbocycles. The molecule has 1 rings (SSSR count). The molecule has 0 aromatic heterocycles. The Morgan fingerprint density at radius 1 is 1.35 bits per heavy atom. The van der Waals surface area contributed by atoms with E-state index in [1.807, 2.05) is 0 Å². The summed E-state index contributed by atoms with van der Waals surface area (Å²) in [6, 6.07) is 0.206. The van der Waals surface area contributed by atoms with Crippen LogP contribution in [0.1, 0.15) is 27.2 Å². The first-order chi connectivity index (χ1) is 9.43. The summed E-state index contributed by atoms with van der Waals surface area (Å²) in [7, 11) is 0. The monoisotopic (exact) mass is 285 g/mol. The Labute approximate surface area is 121 Å². The summed E-state index contributed by atoms with van der Waals surface area (Å²) < 4.78 is 0. The van der Waals surface area contributed by atoms with Gasteiger partial charge in [0.25, 0.3) is 0 Å². The highest BCUT2D eigenvalue weighted by molar-refractivity contribution is 5.83. The van der Waals surface area contributed by atoms with Crippen molar-refractivity contribution >= 4 is 11.8 Å². The average Bonchev–Trinajstić information content (AvgIpc) is 2.37. The smallest absolute Gasteiger partial charge is 0.242 e. The topological polar surface area (TPSA) is 72.9 Å². The Morgan fingerprint density at radius 3 is 2.60 bits per heavy atom. The molecule has 1 fully saturated rings. The van der Waals surface area contributed by atoms with Crippen LogP contribution in [-0.2, 0) is 9.59 Å². The fraction of sp³-hybridized carbons (Fsp3) is 0.857. The standard InChI is InChI=1S/C14H27N3O3/c1-11(2)9-16-5-6-17(10-13(16)4-7-18)14(20)8-15-12(3)19/h11,13,18H,4-10H2,1-3H3,(H,15,19)/t13-/m1/s1. The maximum Gasteiger partial charge on any atom is 0.242 e. The molecule has 1 saturated heterocycles. The van der Waals surface area contributed by atoms with E-state index in [1.165, 1.54) is 6.92 Å². The van der Waals surface area contributed by atoms with Gasteiger partial charge in [-0.2, -0.15) is 0 Å². The fourth-order valence-electron chi connectivity index (χ4n) is 2.56. The van der Waals surface area contributed by atoms with Gasteiger partial charge in [-0.1, -0.05) is 13.8 Å². The molecule has 0 bridgehead atoms. The summed E-state index contributed by atoms with van der Waals surface area (Å²) in [5.74, 6) is 0.328. The number of hydrogen-bond acceptors (Lipinski definition) is 4. The van der Waals surface area contributed by atoms with Crippen molar-refractivity contribution in [2.75, 3.05) is 39.3 Å². The van der Waals surface area contributed by atoms with Gasteiger partial charge in [0, 0.05) is 45.8 Å². The van der Waals surface area contributed by atoms with Crippen LogP contribution in [0.15, 0.2) is 0 Å². The van der Waals surface area contributed by atoms with Crippen LogP contribution in [0.5, 0.6) is 0 Å². The zero-order valence-electron chi connectivity index (χ0n) is 12.8. The van der Waals surface area contributed by atoms with Crippen molar-refractivity contribution in [1.82, 2.24) is 15.1 Å². The number of aliphatic hydroxyl groups is 1. The molecule has 1 aliphatic heterocycles. The van der Waals surface area contributed by atoms with Gasteiger partial charge in [-0.05, 0) is 12.3 Å². The maximum absolute atomic E-state index is 12.0. The van der Waals surface area contributed by atoms with E-state index in [1.54, 1.807) is 4.90 Å². The van der Waals surface area contributed by atoms with E-state index in [9.17, 15) is 14.7 Å². The van der Waals surface area contributed by atoms with Crippen molar-refractivity contribution < 1.29 is 14.7 Å². The quantitative estimate of drug-likeness (QED) is 0.701. The molecular weight excluding hydrogens is 258 g/mol. The molecule has 0 spiro atoms. The molecule has 6 nitrogen and oxygen atoms in total. The number of nitrogens with one attached hydrogen (secondary N) is 1. The average molecular weight is 285 g/mol. The van der Waals surface area contributed by atoms with Crippen LogP contribution in [0, 0.1) is 5.92 Å². The van der Waals surface area contributed by atoms with Crippen LogP contribution in [-0.4, -0.2) is 72.1 Å². The lowest BCUT2D eigenvalue weighted by Crippen LogP contribution is -2.57. The SMILES string of the molecule is CC(=O)NCC(=O)N1CCN(CC(C)C)[C@H](CCO)C1. The van der Waals surface area contributed by atoms with Gasteiger partial charge in [0.15, 0.2) is 0 Å². The highest BCUT2D eigenvalue weighted by Crippen LogP contribution is 2.15. The van der Waals surface area contributed by atoms with Crippen molar-refractivity contribution in [3.8, 4) is 0 Å². The number of carbonyl (C=O) groups excluding carboxylic acids is 2. The van der Waals surface area contributed by atoms with Crippen LogP contribution < -0.4 is 5.32 Å². The highest BCUT2D eigenvalue weighted by atomic mass is 16.3. The third-order valence-electron chi connectivity index (χ3n) is 3.51. The summed E-state index contributed by atoms with van der Waals surface area (Å²) in [6.07, 6.45) is 0.677. The van der Waals surface area contributed by atoms with E-state index in [4.69, 9.17) is 0 Å². The van der Waals surface area contributed by atoms with E-state index >= 15 is 0 Å². The lowest BCUT2D eigenvalue weighted by molar-refractivity contribution is -0.135. The molecule has 0 aromatic rings. The molecule has 6 heteroatoms. The molecule has 0 aromatic carbocycles. The van der Waals surface area contributed by atoms with E-state index in [0.717, 1.165) is 13.1 Å². The second-order valence-corrected chi connectivity index (χ2v) is 5.80. The van der Waals surface area contributed by atoms with Gasteiger partial charge < -0.3 is 15.3 Å². The highest BCUT2D eigenvalue weighted by Gasteiger charge is 2.29. The number of aliphatic hydroxyl groups excluding tert-OH is 1. The maximum atomic E-state index is 12.0. The Kier molecular flexibility index (Phi) is 6.95. The number of nitrogens with zero attached hydrogens (tertiary/aromatic N) is 2. The lowest BCUT2D eigenvalue weighted by atomic mass is 10.1. The third kappa shape index (κ3) is 5.46. The largest absolute Gasteiger partial charge is 0.396 e. The molecule has 0 saturated carbocycles. The summed E-state index contributed by atoms with van der Waals surface area (Å²) in [4.78, 5) is 27.0. The zero-order valence-corrected chi connectivity index (χ0v) is 12.8. The normalized spacial score (nSPS) is 20.2. The van der Waals surface area contributed by atoms with Gasteiger partial charge >= 0.3 is 0 Å². The van der Waals surface area contributed by atoms with Crippen molar-refractivity contribution in [2.45, 2.75) is 33.2 Å². The van der Waals surface area contributed by atoms with Crippen LogP contribution in [0.25, 0.3) is 0 Å². The van der Waals surface area contributed by atoms with Crippen LogP contribution in [0.3, 0.4) is 0 Å². The summed E-state index contributed by atoms with van der Waals surface area (Å²) in [5, 5.41) is 11.7. The minimum atomic E-state index is -0.191. The first-order valence-electron chi connectivity index (χ1n) is 7.31. The second-order valence-electron chi connectivity index (χ2n) is 5.80. The van der Waals surface area contributed by atoms with Crippen LogP contribution in [0.4, 0.5) is 0 Å². The Bertz CT molecular complexity index is 334. The molecule has 1 heterocycles. The van der Waals surface area contributed by atoms with Crippen molar-refractivity contribution in [3.63, 3.8) is 0 Å². The lowest BCUT2D eigenvalue weighted by Gasteiger charge is -2.42. The molecule has 0 unspecified atom stereocenters. The van der Waals surface area contributed by atoms with Crippen molar-refractivity contribution in [1.29, 1.82) is 0 Å². The van der Waals surface area contributed by atoms with Crippen molar-refractivity contribution in [2.24, 2.45) is 5.92 Å². The molecule has 0 radical (unpaired) electrons. The van der Waals surface area contributed by atoms with Gasteiger partial charge in [-0.15, -0.1) is 0 Å². The summed E-state index contributed by atoms with van der Waals surface area (Å²) >= 11 is 0.